The van der Waals surface area contributed by atoms with Gasteiger partial charge in [0.25, 0.3) is 11.2 Å². The van der Waals surface area contributed by atoms with Gasteiger partial charge in [-0.3, -0.25) is 19.5 Å². The van der Waals surface area contributed by atoms with Crippen molar-refractivity contribution in [1.82, 2.24) is 9.13 Å². The second kappa shape index (κ2) is 5.71. The zero-order valence-electron chi connectivity index (χ0n) is 14.2. The van der Waals surface area contributed by atoms with E-state index in [1.54, 1.807) is 18.2 Å². The number of hydrogen-bond donors (Lipinski definition) is 1. The molecule has 0 amide bonds. The van der Waals surface area contributed by atoms with Crippen LogP contribution in [0, 0.1) is 21.4 Å². The molecule has 27 heavy (non-hydrogen) atoms. The van der Waals surface area contributed by atoms with Crippen molar-refractivity contribution < 1.29 is 4.92 Å². The van der Waals surface area contributed by atoms with E-state index in [0.717, 1.165) is 10.9 Å². The highest BCUT2D eigenvalue weighted by Gasteiger charge is 2.18. The molecule has 2 aromatic heterocycles. The summed E-state index contributed by atoms with van der Waals surface area (Å²) in [4.78, 5) is 23.4. The van der Waals surface area contributed by atoms with Crippen molar-refractivity contribution in [3.05, 3.63) is 74.6 Å². The number of rotatable bonds is 2. The van der Waals surface area contributed by atoms with Gasteiger partial charge in [-0.2, -0.15) is 5.26 Å². The van der Waals surface area contributed by atoms with Gasteiger partial charge in [0.2, 0.25) is 0 Å². The van der Waals surface area contributed by atoms with Crippen molar-refractivity contribution in [2.24, 2.45) is 7.05 Å². The fraction of sp³-hybridized carbons (Fsp3) is 0.0526. The number of pyridine rings is 1. The van der Waals surface area contributed by atoms with E-state index < -0.39 is 10.5 Å². The predicted molar refractivity (Wildman–Crippen MR) is 102 cm³/mol. The summed E-state index contributed by atoms with van der Waals surface area (Å²) >= 11 is 0. The molecule has 0 aliphatic rings. The third-order valence-corrected chi connectivity index (χ3v) is 4.62. The van der Waals surface area contributed by atoms with Crippen LogP contribution in [0.2, 0.25) is 0 Å². The number of fused-ring (bicyclic) bond motifs is 3. The van der Waals surface area contributed by atoms with Crippen molar-refractivity contribution in [2.75, 3.05) is 5.73 Å². The summed E-state index contributed by atoms with van der Waals surface area (Å²) in [5.74, 6) is 0. The molecule has 2 N–H and O–H groups in total. The van der Waals surface area contributed by atoms with Crippen LogP contribution in [0.15, 0.2) is 53.3 Å². The number of nitriles is 1. The highest BCUT2D eigenvalue weighted by Crippen LogP contribution is 2.31. The molecular weight excluding hydrogens is 346 g/mol. The first kappa shape index (κ1) is 16.4. The Morgan fingerprint density at radius 3 is 2.44 bits per heavy atom. The maximum Gasteiger partial charge on any atom is 0.273 e. The van der Waals surface area contributed by atoms with Crippen molar-refractivity contribution in [1.29, 1.82) is 5.26 Å². The summed E-state index contributed by atoms with van der Waals surface area (Å²) in [7, 11) is 1.84. The highest BCUT2D eigenvalue weighted by atomic mass is 16.6. The molecule has 4 rings (SSSR count). The molecule has 8 nitrogen and oxygen atoms in total. The Hall–Kier alpha value is -4.12. The van der Waals surface area contributed by atoms with Crippen LogP contribution in [0.1, 0.15) is 5.56 Å². The first-order valence-corrected chi connectivity index (χ1v) is 8.01. The van der Waals surface area contributed by atoms with Crippen LogP contribution < -0.4 is 11.3 Å². The van der Waals surface area contributed by atoms with Crippen LogP contribution >= 0.6 is 0 Å². The lowest BCUT2D eigenvalue weighted by atomic mass is 10.1. The molecule has 2 aromatic carbocycles. The van der Waals surface area contributed by atoms with Gasteiger partial charge < -0.3 is 10.3 Å². The average molecular weight is 359 g/mol. The minimum atomic E-state index is -0.507. The zero-order valence-corrected chi connectivity index (χ0v) is 14.2. The van der Waals surface area contributed by atoms with Gasteiger partial charge >= 0.3 is 0 Å². The maximum absolute atomic E-state index is 12.9. The predicted octanol–water partition coefficient (Wildman–Crippen LogP) is 2.84. The minimum absolute atomic E-state index is 0.0141. The average Bonchev–Trinajstić information content (AvgIpc) is 2.92. The molecular formula is C19H13N5O3. The molecule has 4 aromatic rings. The monoisotopic (exact) mass is 359 g/mol. The Bertz CT molecular complexity index is 1340. The van der Waals surface area contributed by atoms with E-state index in [-0.39, 0.29) is 11.3 Å². The molecule has 8 heteroatoms. The summed E-state index contributed by atoms with van der Waals surface area (Å²) in [6.07, 6.45) is 0. The smallest absolute Gasteiger partial charge is 0.273 e. The standard InChI is InChI=1S/C19H13N5O3/c1-22-16-7-2-12(21)9-15(16)18-17(22)8-11(10-20)19(25)23(18)13-3-5-14(6-4-13)24(26)27/h2-9H,21H2,1H3. The van der Waals surface area contributed by atoms with Gasteiger partial charge in [-0.25, -0.2) is 0 Å². The van der Waals surface area contributed by atoms with Gasteiger partial charge in [0.15, 0.2) is 0 Å². The van der Waals surface area contributed by atoms with Gasteiger partial charge in [0, 0.05) is 35.9 Å². The lowest BCUT2D eigenvalue weighted by Crippen LogP contribution is -2.21. The van der Waals surface area contributed by atoms with Crippen molar-refractivity contribution in [2.45, 2.75) is 0 Å². The number of aromatic nitrogens is 2. The molecule has 0 saturated heterocycles. The number of nitrogens with two attached hydrogens (primary N) is 1. The molecule has 0 unspecified atom stereocenters. The Kier molecular flexibility index (Phi) is 3.46. The molecule has 0 atom stereocenters. The summed E-state index contributed by atoms with van der Waals surface area (Å²) in [5, 5.41) is 21.1. The Morgan fingerprint density at radius 2 is 1.81 bits per heavy atom. The third kappa shape index (κ3) is 2.33. The molecule has 0 spiro atoms. The SMILES string of the molecule is Cn1c2ccc(N)cc2c2c1cc(C#N)c(=O)n2-c1ccc([N+](=O)[O-])cc1. The summed E-state index contributed by atoms with van der Waals surface area (Å²) < 4.78 is 3.28. The quantitative estimate of drug-likeness (QED) is 0.335. The second-order valence-corrected chi connectivity index (χ2v) is 6.15. The van der Waals surface area contributed by atoms with Gasteiger partial charge in [-0.05, 0) is 36.4 Å². The van der Waals surface area contributed by atoms with Gasteiger partial charge in [0.05, 0.1) is 21.5 Å². The highest BCUT2D eigenvalue weighted by molar-refractivity contribution is 6.08. The van der Waals surface area contributed by atoms with Crippen LogP contribution in [0.25, 0.3) is 27.6 Å². The molecule has 2 heterocycles. The Morgan fingerprint density at radius 1 is 1.11 bits per heavy atom. The van der Waals surface area contributed by atoms with Crippen molar-refractivity contribution in [3.63, 3.8) is 0 Å². The van der Waals surface area contributed by atoms with Crippen molar-refractivity contribution in [3.8, 4) is 11.8 Å². The number of anilines is 1. The lowest BCUT2D eigenvalue weighted by molar-refractivity contribution is -0.384. The normalized spacial score (nSPS) is 11.0. The zero-order chi connectivity index (χ0) is 19.3. The number of nitrogens with zero attached hydrogens (tertiary/aromatic N) is 4. The number of hydrogen-bond acceptors (Lipinski definition) is 5. The molecule has 0 bridgehead atoms. The number of nitrogen functional groups attached to an aromatic ring is 1. The third-order valence-electron chi connectivity index (χ3n) is 4.62. The van der Waals surface area contributed by atoms with E-state index in [4.69, 9.17) is 5.73 Å². The van der Waals surface area contributed by atoms with E-state index in [1.165, 1.54) is 28.8 Å². The first-order chi connectivity index (χ1) is 12.9. The maximum atomic E-state index is 12.9. The Balaban J connectivity index is 2.19. The number of nitro benzene ring substituents is 1. The van der Waals surface area contributed by atoms with E-state index in [1.807, 2.05) is 23.8 Å². The molecule has 0 fully saturated rings. The Labute approximate surface area is 152 Å². The number of non-ortho nitro benzene ring substituents is 1. The van der Waals surface area contributed by atoms with Gasteiger partial charge in [-0.15, -0.1) is 0 Å². The van der Waals surface area contributed by atoms with Crippen LogP contribution in [0.3, 0.4) is 0 Å². The van der Waals surface area contributed by atoms with Crippen molar-refractivity contribution >= 4 is 33.3 Å². The van der Waals surface area contributed by atoms with Crippen LogP contribution in [0.5, 0.6) is 0 Å². The fourth-order valence-electron chi connectivity index (χ4n) is 3.33. The molecule has 0 radical (unpaired) electrons. The number of benzene rings is 2. The van der Waals surface area contributed by atoms with Gasteiger partial charge in [0.1, 0.15) is 11.6 Å². The molecule has 0 aliphatic heterocycles. The van der Waals surface area contributed by atoms with E-state index >= 15 is 0 Å². The topological polar surface area (TPSA) is 120 Å². The first-order valence-electron chi connectivity index (χ1n) is 8.01. The largest absolute Gasteiger partial charge is 0.399 e. The molecule has 0 aliphatic carbocycles. The summed E-state index contributed by atoms with van der Waals surface area (Å²) in [6.45, 7) is 0. The minimum Gasteiger partial charge on any atom is -0.399 e. The van der Waals surface area contributed by atoms with Crippen LogP contribution in [-0.4, -0.2) is 14.1 Å². The van der Waals surface area contributed by atoms with E-state index in [0.29, 0.717) is 22.4 Å². The van der Waals surface area contributed by atoms with Crippen LogP contribution in [-0.2, 0) is 7.05 Å². The fourth-order valence-corrected chi connectivity index (χ4v) is 3.33. The lowest BCUT2D eigenvalue weighted by Gasteiger charge is -2.09. The van der Waals surface area contributed by atoms with E-state index in [9.17, 15) is 20.2 Å². The number of nitro groups is 1. The molecule has 0 saturated carbocycles. The van der Waals surface area contributed by atoms with Crippen LogP contribution in [0.4, 0.5) is 11.4 Å². The second-order valence-electron chi connectivity index (χ2n) is 6.15. The summed E-state index contributed by atoms with van der Waals surface area (Å²) in [5.41, 5.74) is 8.46. The van der Waals surface area contributed by atoms with E-state index in [2.05, 4.69) is 0 Å². The van der Waals surface area contributed by atoms with Gasteiger partial charge in [-0.1, -0.05) is 0 Å². The number of aryl methyl sites for hydroxylation is 1. The molecule has 132 valence electrons. The summed E-state index contributed by atoms with van der Waals surface area (Å²) in [6, 6.07) is 14.5.